The van der Waals surface area contributed by atoms with Gasteiger partial charge in [0.15, 0.2) is 0 Å². The first-order chi connectivity index (χ1) is 17.1. The van der Waals surface area contributed by atoms with E-state index in [2.05, 4.69) is 9.98 Å². The van der Waals surface area contributed by atoms with Crippen molar-refractivity contribution in [2.75, 3.05) is 0 Å². The van der Waals surface area contributed by atoms with E-state index >= 15 is 0 Å². The van der Waals surface area contributed by atoms with Crippen LogP contribution >= 0.6 is 0 Å². The van der Waals surface area contributed by atoms with E-state index in [0.29, 0.717) is 48.5 Å². The van der Waals surface area contributed by atoms with Gasteiger partial charge in [0.25, 0.3) is 0 Å². The van der Waals surface area contributed by atoms with E-state index in [9.17, 15) is 26.3 Å². The largest absolute Gasteiger partial charge is 2.00 e. The van der Waals surface area contributed by atoms with Crippen molar-refractivity contribution < 1.29 is 68.2 Å². The molecule has 0 spiro atoms. The van der Waals surface area contributed by atoms with Gasteiger partial charge in [-0.25, -0.2) is 4.98 Å². The van der Waals surface area contributed by atoms with Crippen LogP contribution in [0.5, 0.6) is 0 Å². The van der Waals surface area contributed by atoms with Gasteiger partial charge in [-0.3, -0.25) is 9.98 Å². The molecule has 12 heteroatoms. The van der Waals surface area contributed by atoms with E-state index in [1.807, 2.05) is 6.07 Å². The molecule has 5 rings (SSSR count). The summed E-state index contributed by atoms with van der Waals surface area (Å²) < 4.78 is 81.1. The van der Waals surface area contributed by atoms with Crippen molar-refractivity contribution in [2.24, 2.45) is 9.98 Å². The normalized spacial score (nSPS) is 16.9. The molecule has 0 bridgehead atoms. The third kappa shape index (κ3) is 7.04. The second kappa shape index (κ2) is 12.9. The monoisotopic (exact) mass is 627 g/mol. The Morgan fingerprint density at radius 2 is 0.974 bits per heavy atom. The first-order valence-electron chi connectivity index (χ1n) is 11.6. The molecule has 1 aromatic heterocycles. The molecule has 0 saturated heterocycles. The van der Waals surface area contributed by atoms with Gasteiger partial charge in [0, 0.05) is 0 Å². The van der Waals surface area contributed by atoms with Crippen molar-refractivity contribution in [3.8, 4) is 0 Å². The summed E-state index contributed by atoms with van der Waals surface area (Å²) in [5, 5.41) is 0. The molecule has 0 radical (unpaired) electrons. The Morgan fingerprint density at radius 1 is 0.590 bits per heavy atom. The molecule has 208 valence electrons. The van der Waals surface area contributed by atoms with Crippen LogP contribution in [0.4, 0.5) is 37.7 Å². The number of pyridine rings is 1. The summed E-state index contributed by atoms with van der Waals surface area (Å²) in [7, 11) is 0. The van der Waals surface area contributed by atoms with Crippen LogP contribution in [0.2, 0.25) is 0 Å². The van der Waals surface area contributed by atoms with Gasteiger partial charge >= 0.3 is 29.4 Å². The van der Waals surface area contributed by atoms with E-state index in [4.69, 9.17) is 4.98 Å². The number of rotatable bonds is 2. The number of aryl methyl sites for hydroxylation is 2. The van der Waals surface area contributed by atoms with Crippen LogP contribution in [0.15, 0.2) is 64.6 Å². The molecule has 3 aromatic rings. The number of hydrogen-bond donors (Lipinski definition) is 0. The number of aliphatic imine (C=N–C) groups is 2. The zero-order valence-electron chi connectivity index (χ0n) is 20.2. The fourth-order valence-electron chi connectivity index (χ4n) is 4.74. The zero-order chi connectivity index (χ0) is 25.5. The quantitative estimate of drug-likeness (QED) is 0.317. The molecule has 0 atom stereocenters. The number of para-hydroxylation sites is 2. The summed E-state index contributed by atoms with van der Waals surface area (Å²) in [5.74, 6) is 0. The number of hydrogen-bond acceptors (Lipinski definition) is 3. The first kappa shape index (κ1) is 32.8. The number of benzene rings is 2. The van der Waals surface area contributed by atoms with Crippen molar-refractivity contribution in [3.05, 3.63) is 88.2 Å². The van der Waals surface area contributed by atoms with Crippen molar-refractivity contribution in [1.82, 2.24) is 4.98 Å². The van der Waals surface area contributed by atoms with Crippen LogP contribution in [0.3, 0.4) is 0 Å². The Balaban J connectivity index is 0.00000178. The van der Waals surface area contributed by atoms with Crippen molar-refractivity contribution in [3.63, 3.8) is 0 Å². The minimum Gasteiger partial charge on any atom is -1.00 e. The minimum atomic E-state index is -4.55. The average molecular weight is 628 g/mol. The van der Waals surface area contributed by atoms with Crippen LogP contribution in [0.25, 0.3) is 0 Å². The predicted octanol–water partition coefficient (Wildman–Crippen LogP) is 2.04. The SMILES string of the molecule is FC(F)(F)c1ccccc1N=C1CCCc2cc3c(nc21)C(=Nc1ccccc1C(F)(F)F)CCC3.[Cl-].[Cl-].[Fe+2]. The maximum atomic E-state index is 13.5. The standard InChI is InChI=1S/C27H21F6N3.2ClH.Fe/c28-26(29,30)18-9-1-3-11-20(18)34-22-13-5-7-16-15-17-8-6-14-23(25(17)36-24(16)22)35-21-12-4-2-10-19(21)27(31,32)33;;;/h1-4,9-12,15H,5-8,13-14H2;2*1H;/q;;;+2/p-2. The van der Waals surface area contributed by atoms with Crippen molar-refractivity contribution >= 4 is 22.8 Å². The molecule has 1 heterocycles. The summed E-state index contributed by atoms with van der Waals surface area (Å²) >= 11 is 0. The fraction of sp³-hybridized carbons (Fsp3) is 0.296. The third-order valence-electron chi connectivity index (χ3n) is 6.38. The molecule has 2 aliphatic rings. The molecule has 0 aliphatic heterocycles. The predicted molar refractivity (Wildman–Crippen MR) is 125 cm³/mol. The Labute approximate surface area is 244 Å². The number of alkyl halides is 6. The summed E-state index contributed by atoms with van der Waals surface area (Å²) in [6.45, 7) is 0. The summed E-state index contributed by atoms with van der Waals surface area (Å²) in [6, 6.07) is 12.2. The van der Waals surface area contributed by atoms with E-state index in [1.165, 1.54) is 36.4 Å². The van der Waals surface area contributed by atoms with Gasteiger partial charge in [0.05, 0.1) is 45.3 Å². The molecule has 0 fully saturated rings. The second-order valence-corrected chi connectivity index (χ2v) is 8.86. The van der Waals surface area contributed by atoms with Gasteiger partial charge in [-0.1, -0.05) is 30.3 Å². The van der Waals surface area contributed by atoms with Crippen molar-refractivity contribution in [2.45, 2.75) is 50.9 Å². The Kier molecular flexibility index (Phi) is 10.8. The molecule has 3 nitrogen and oxygen atoms in total. The van der Waals surface area contributed by atoms with Crippen LogP contribution in [-0.4, -0.2) is 16.4 Å². The molecule has 2 aliphatic carbocycles. The smallest absolute Gasteiger partial charge is 1.00 e. The van der Waals surface area contributed by atoms with Crippen molar-refractivity contribution in [1.29, 1.82) is 0 Å². The molecule has 0 saturated carbocycles. The topological polar surface area (TPSA) is 37.6 Å². The van der Waals surface area contributed by atoms with Gasteiger partial charge in [0.1, 0.15) is 0 Å². The van der Waals surface area contributed by atoms with E-state index < -0.39 is 23.5 Å². The van der Waals surface area contributed by atoms with Crippen LogP contribution in [0.1, 0.15) is 59.3 Å². The summed E-state index contributed by atoms with van der Waals surface area (Å²) in [6.07, 6.45) is -5.33. The zero-order valence-corrected chi connectivity index (χ0v) is 22.8. The van der Waals surface area contributed by atoms with Gasteiger partial charge in [-0.2, -0.15) is 26.3 Å². The first-order valence-corrected chi connectivity index (χ1v) is 11.6. The van der Waals surface area contributed by atoms with Gasteiger partial charge in [-0.05, 0) is 73.9 Å². The van der Waals surface area contributed by atoms with Gasteiger partial charge in [0.2, 0.25) is 0 Å². The molecule has 2 aromatic carbocycles. The number of halogens is 8. The maximum absolute atomic E-state index is 13.5. The number of aromatic nitrogens is 1. The fourth-order valence-corrected chi connectivity index (χ4v) is 4.74. The summed E-state index contributed by atoms with van der Waals surface area (Å²) in [5.41, 5.74) is 1.64. The summed E-state index contributed by atoms with van der Waals surface area (Å²) in [4.78, 5) is 13.5. The van der Waals surface area contributed by atoms with Crippen LogP contribution in [-0.2, 0) is 42.3 Å². The maximum Gasteiger partial charge on any atom is 2.00 e. The average Bonchev–Trinajstić information content (AvgIpc) is 2.83. The van der Waals surface area contributed by atoms with Gasteiger partial charge in [-0.15, -0.1) is 0 Å². The Morgan fingerprint density at radius 3 is 1.36 bits per heavy atom. The molecule has 0 amide bonds. The minimum absolute atomic E-state index is 0. The molecule has 0 N–H and O–H groups in total. The molecular formula is C27H21Cl2F6FeN3. The third-order valence-corrected chi connectivity index (χ3v) is 6.38. The van der Waals surface area contributed by atoms with Gasteiger partial charge < -0.3 is 24.8 Å². The number of fused-ring (bicyclic) bond motifs is 2. The van der Waals surface area contributed by atoms with E-state index in [0.717, 1.165) is 36.1 Å². The Hall–Kier alpha value is -2.39. The Bertz CT molecular complexity index is 1290. The van der Waals surface area contributed by atoms with E-state index in [-0.39, 0.29) is 53.3 Å². The molecule has 39 heavy (non-hydrogen) atoms. The van der Waals surface area contributed by atoms with E-state index in [1.54, 1.807) is 0 Å². The second-order valence-electron chi connectivity index (χ2n) is 8.86. The molecule has 0 unspecified atom stereocenters. The van der Waals surface area contributed by atoms with Crippen LogP contribution in [0, 0.1) is 0 Å². The number of nitrogens with zero attached hydrogens (tertiary/aromatic N) is 3. The molecular weight excluding hydrogens is 607 g/mol. The van der Waals surface area contributed by atoms with Crippen LogP contribution < -0.4 is 24.8 Å².